The second kappa shape index (κ2) is 12.4. The lowest BCUT2D eigenvalue weighted by molar-refractivity contribution is 0.152. The molecule has 7 nitrogen and oxygen atoms in total. The molecule has 2 aromatic carbocycles. The van der Waals surface area contributed by atoms with Crippen molar-refractivity contribution < 1.29 is 0 Å². The summed E-state index contributed by atoms with van der Waals surface area (Å²) in [4.78, 5) is 12.7. The number of rotatable bonds is 8. The van der Waals surface area contributed by atoms with Gasteiger partial charge in [-0.1, -0.05) is 59.1 Å². The van der Waals surface area contributed by atoms with E-state index in [1.54, 1.807) is 18.5 Å². The van der Waals surface area contributed by atoms with E-state index in [0.29, 0.717) is 38.2 Å². The van der Waals surface area contributed by atoms with Crippen LogP contribution in [0.4, 0.5) is 5.69 Å². The minimum atomic E-state index is -1.59. The van der Waals surface area contributed by atoms with Crippen LogP contribution in [0.2, 0.25) is 10.0 Å². The van der Waals surface area contributed by atoms with Gasteiger partial charge in [-0.3, -0.25) is 14.9 Å². The summed E-state index contributed by atoms with van der Waals surface area (Å²) in [6, 6.07) is 24.6. The molecule has 0 amide bonds. The number of aromatic nitrogens is 2. The van der Waals surface area contributed by atoms with Crippen LogP contribution >= 0.6 is 34.8 Å². The van der Waals surface area contributed by atoms with Gasteiger partial charge in [0.2, 0.25) is 0 Å². The Labute approximate surface area is 265 Å². The number of pyridine rings is 2. The van der Waals surface area contributed by atoms with Gasteiger partial charge in [-0.05, 0) is 59.2 Å². The number of hydrogen-bond donors (Lipinski definition) is 0. The van der Waals surface area contributed by atoms with E-state index in [1.807, 2.05) is 96.5 Å². The summed E-state index contributed by atoms with van der Waals surface area (Å²) in [5.74, 6) is 1.96. The fourth-order valence-corrected chi connectivity index (χ4v) is 6.64. The predicted molar refractivity (Wildman–Crippen MR) is 172 cm³/mol. The van der Waals surface area contributed by atoms with E-state index < -0.39 is 5.54 Å². The van der Waals surface area contributed by atoms with Crippen molar-refractivity contribution in [3.8, 4) is 23.3 Å². The van der Waals surface area contributed by atoms with Gasteiger partial charge in [0.05, 0.1) is 43.8 Å². The first-order valence-electron chi connectivity index (χ1n) is 13.1. The molecule has 0 aliphatic heterocycles. The van der Waals surface area contributed by atoms with Crippen LogP contribution in [0.3, 0.4) is 0 Å². The van der Waals surface area contributed by atoms with E-state index in [9.17, 15) is 15.9 Å². The number of nitriles is 2. The minimum Gasteiger partial charge on any atom is -0.762 e. The summed E-state index contributed by atoms with van der Waals surface area (Å²) in [6.07, 6.45) is 3.36. The Morgan fingerprint density at radius 1 is 0.860 bits per heavy atom. The number of halogens is 3. The molecule has 0 fully saturated rings. The van der Waals surface area contributed by atoms with E-state index in [2.05, 4.69) is 16.0 Å². The van der Waals surface area contributed by atoms with E-state index in [0.717, 1.165) is 11.1 Å². The van der Waals surface area contributed by atoms with Gasteiger partial charge in [-0.2, -0.15) is 10.5 Å². The molecule has 1 aliphatic carbocycles. The maximum atomic E-state index is 11.1. The fourth-order valence-electron chi connectivity index (χ4n) is 5.36. The van der Waals surface area contributed by atoms with Crippen LogP contribution in [0.15, 0.2) is 89.7 Å². The van der Waals surface area contributed by atoms with Gasteiger partial charge in [0.1, 0.15) is 6.07 Å². The second-order valence-corrected chi connectivity index (χ2v) is 11.2. The van der Waals surface area contributed by atoms with Crippen LogP contribution in [-0.4, -0.2) is 34.8 Å². The molecule has 4 aromatic rings. The van der Waals surface area contributed by atoms with Gasteiger partial charge in [-0.25, -0.2) is 5.87 Å². The quantitative estimate of drug-likeness (QED) is 0.148. The summed E-state index contributed by atoms with van der Waals surface area (Å²) < 4.78 is 0. The van der Waals surface area contributed by atoms with E-state index >= 15 is 0 Å². The number of hydrogen-bond acceptors (Lipinski definition) is 6. The molecule has 0 saturated heterocycles. The van der Waals surface area contributed by atoms with Crippen molar-refractivity contribution in [1.82, 2.24) is 14.9 Å². The highest BCUT2D eigenvalue weighted by atomic mass is 35.5. The van der Waals surface area contributed by atoms with Crippen molar-refractivity contribution in [2.75, 3.05) is 19.0 Å². The number of allylic oxidation sites excluding steroid dienone is 2. The molecule has 0 N–H and O–H groups in total. The van der Waals surface area contributed by atoms with E-state index in [4.69, 9.17) is 34.8 Å². The average molecular weight is 624 g/mol. The van der Waals surface area contributed by atoms with Crippen LogP contribution in [0.25, 0.3) is 22.1 Å². The third-order valence-corrected chi connectivity index (χ3v) is 8.32. The first-order valence-corrected chi connectivity index (χ1v) is 14.2. The number of anilines is 1. The maximum Gasteiger partial charge on any atom is 0.172 e. The first-order chi connectivity index (χ1) is 20.7. The van der Waals surface area contributed by atoms with E-state index in [1.165, 1.54) is 0 Å². The molecule has 10 heteroatoms. The Hall–Kier alpha value is -4.46. The average Bonchev–Trinajstić information content (AvgIpc) is 3.25. The molecule has 5 rings (SSSR count). The zero-order chi connectivity index (χ0) is 30.7. The molecule has 43 heavy (non-hydrogen) atoms. The third kappa shape index (κ3) is 5.42. The molecule has 1 atom stereocenters. The fraction of sp³-hybridized carbons (Fsp3) is 0.152. The monoisotopic (exact) mass is 622 g/mol. The first kappa shape index (κ1) is 30.0. The van der Waals surface area contributed by atoms with Crippen LogP contribution in [0, 0.1) is 22.7 Å². The minimum absolute atomic E-state index is 0.0612. The van der Waals surface area contributed by atoms with Crippen molar-refractivity contribution in [2.45, 2.75) is 18.6 Å². The summed E-state index contributed by atoms with van der Waals surface area (Å²) in [5, 5.41) is 31.9. The highest BCUT2D eigenvalue weighted by Gasteiger charge is 2.51. The molecule has 2 heterocycles. The van der Waals surface area contributed by atoms with E-state index in [-0.39, 0.29) is 29.3 Å². The van der Waals surface area contributed by atoms with Gasteiger partial charge in [0.15, 0.2) is 5.54 Å². The highest BCUT2D eigenvalue weighted by Crippen LogP contribution is 2.53. The Bertz CT molecular complexity index is 1800. The van der Waals surface area contributed by atoms with Crippen molar-refractivity contribution in [1.29, 1.82) is 10.5 Å². The van der Waals surface area contributed by atoms with Crippen LogP contribution in [0.1, 0.15) is 22.5 Å². The Morgan fingerprint density at radius 3 is 1.93 bits per heavy atom. The smallest absolute Gasteiger partial charge is 0.172 e. The third-order valence-electron chi connectivity index (χ3n) is 7.28. The Balaban J connectivity index is 1.77. The molecular formula is C33H23Cl3N7-. The van der Waals surface area contributed by atoms with Crippen molar-refractivity contribution >= 4 is 51.9 Å². The van der Waals surface area contributed by atoms with Gasteiger partial charge < -0.3 is 10.3 Å². The lowest BCUT2D eigenvalue weighted by Gasteiger charge is -2.37. The highest BCUT2D eigenvalue weighted by molar-refractivity contribution is 6.39. The SMILES string of the molecule is CN(C)c1c(Cl)cc(-c2ccc3c(c2)C(C#N)(N(Cc2ccccn2)Cc2ccccn2)C(Cl)=C3C(=C=[N-])C#N)cc1Cl. The number of nitrogens with zero attached hydrogens (tertiary/aromatic N) is 7. The van der Waals surface area contributed by atoms with Crippen molar-refractivity contribution in [3.05, 3.63) is 128 Å². The number of benzene rings is 2. The molecule has 0 saturated carbocycles. The van der Waals surface area contributed by atoms with Gasteiger partial charge in [-0.15, -0.1) is 0 Å². The second-order valence-electron chi connectivity index (χ2n) is 10.1. The number of fused-ring (bicyclic) bond motifs is 1. The van der Waals surface area contributed by atoms with Crippen molar-refractivity contribution in [2.24, 2.45) is 0 Å². The molecule has 1 unspecified atom stereocenters. The topological polar surface area (TPSA) is 102 Å². The summed E-state index contributed by atoms with van der Waals surface area (Å²) >= 11 is 20.4. The normalized spacial score (nSPS) is 15.4. The molecule has 212 valence electrons. The zero-order valence-corrected chi connectivity index (χ0v) is 25.5. The standard InChI is InChI=1S/C33H23Cl3N7/c1-42(2)31-28(34)14-22(15-29(31)35)21-9-10-26-27(13-21)33(20-39,32(36)30(26)23(16-37)17-38)43(18-24-7-3-5-11-40-24)19-25-8-4-6-12-41-25/h3-15H,18-19H2,1-2H3/q-1. The van der Waals surface area contributed by atoms with Crippen LogP contribution < -0.4 is 4.90 Å². The largest absolute Gasteiger partial charge is 0.762 e. The summed E-state index contributed by atoms with van der Waals surface area (Å²) in [5.41, 5.74) is 3.02. The van der Waals surface area contributed by atoms with Crippen LogP contribution in [-0.2, 0) is 18.6 Å². The molecular weight excluding hydrogens is 601 g/mol. The molecule has 0 radical (unpaired) electrons. The lowest BCUT2D eigenvalue weighted by Crippen LogP contribution is -2.44. The maximum absolute atomic E-state index is 11.1. The molecule has 1 aliphatic rings. The van der Waals surface area contributed by atoms with Crippen LogP contribution in [0.5, 0.6) is 0 Å². The predicted octanol–water partition coefficient (Wildman–Crippen LogP) is 7.59. The van der Waals surface area contributed by atoms with Gasteiger partial charge >= 0.3 is 0 Å². The lowest BCUT2D eigenvalue weighted by atomic mass is 9.88. The molecule has 0 spiro atoms. The Kier molecular flexibility index (Phi) is 8.67. The molecule has 0 bridgehead atoms. The van der Waals surface area contributed by atoms with Crippen molar-refractivity contribution in [3.63, 3.8) is 0 Å². The zero-order valence-electron chi connectivity index (χ0n) is 23.2. The van der Waals surface area contributed by atoms with Gasteiger partial charge in [0.25, 0.3) is 0 Å². The molecule has 2 aromatic heterocycles. The summed E-state index contributed by atoms with van der Waals surface area (Å²) in [6.45, 7) is 0.448. The van der Waals surface area contributed by atoms with Gasteiger partial charge in [0, 0.05) is 50.7 Å². The summed E-state index contributed by atoms with van der Waals surface area (Å²) in [7, 11) is 3.71. The Morgan fingerprint density at radius 2 is 1.47 bits per heavy atom.